The number of aliphatic hydroxyl groups is 1. The molecule has 0 aliphatic heterocycles. The molecule has 2 heteroatoms. The second kappa shape index (κ2) is 1.74. The van der Waals surface area contributed by atoms with Crippen molar-refractivity contribution in [1.82, 2.24) is 5.32 Å². The summed E-state index contributed by atoms with van der Waals surface area (Å²) in [5.74, 6) is 0.877. The summed E-state index contributed by atoms with van der Waals surface area (Å²) in [6.07, 6.45) is 2.31. The minimum absolute atomic E-state index is 0.324. The van der Waals surface area contributed by atoms with Gasteiger partial charge in [-0.25, -0.2) is 0 Å². The van der Waals surface area contributed by atoms with Gasteiger partial charge in [-0.15, -0.1) is 0 Å². The van der Waals surface area contributed by atoms with E-state index >= 15 is 0 Å². The summed E-state index contributed by atoms with van der Waals surface area (Å²) < 4.78 is 0. The molecule has 4 atom stereocenters. The fourth-order valence-corrected chi connectivity index (χ4v) is 2.28. The molecule has 0 aromatic carbocycles. The first-order chi connectivity index (χ1) is 4.62. The van der Waals surface area contributed by atoms with E-state index in [2.05, 4.69) is 12.2 Å². The van der Waals surface area contributed by atoms with E-state index in [4.69, 9.17) is 5.11 Å². The van der Waals surface area contributed by atoms with Crippen LogP contribution in [0, 0.1) is 11.3 Å². The molecule has 2 aliphatic rings. The molecule has 0 aromatic rings. The van der Waals surface area contributed by atoms with Gasteiger partial charge in [0.1, 0.15) is 6.23 Å². The van der Waals surface area contributed by atoms with Gasteiger partial charge in [0, 0.05) is 6.04 Å². The van der Waals surface area contributed by atoms with Crippen LogP contribution >= 0.6 is 0 Å². The van der Waals surface area contributed by atoms with E-state index in [0.29, 0.717) is 11.5 Å². The van der Waals surface area contributed by atoms with Crippen molar-refractivity contribution in [2.75, 3.05) is 0 Å². The van der Waals surface area contributed by atoms with Crippen LogP contribution < -0.4 is 5.32 Å². The minimum atomic E-state index is -0.324. The van der Waals surface area contributed by atoms with Gasteiger partial charge in [-0.1, -0.05) is 6.92 Å². The summed E-state index contributed by atoms with van der Waals surface area (Å²) in [6.45, 7) is 4.12. The fraction of sp³-hybridized carbons (Fsp3) is 1.00. The maximum absolute atomic E-state index is 9.00. The van der Waals surface area contributed by atoms with Gasteiger partial charge >= 0.3 is 0 Å². The summed E-state index contributed by atoms with van der Waals surface area (Å²) >= 11 is 0. The first-order valence-electron chi connectivity index (χ1n) is 4.06. The summed E-state index contributed by atoms with van der Waals surface area (Å²) in [4.78, 5) is 0. The highest BCUT2D eigenvalue weighted by atomic mass is 16.3. The third-order valence-corrected chi connectivity index (χ3v) is 3.05. The van der Waals surface area contributed by atoms with Crippen molar-refractivity contribution < 1.29 is 5.11 Å². The summed E-state index contributed by atoms with van der Waals surface area (Å²) in [5.41, 5.74) is 0.673. The predicted molar refractivity (Wildman–Crippen MR) is 39.4 cm³/mol. The molecule has 2 N–H and O–H groups in total. The SMILES string of the molecule is CC(O)NC1CC2(C)CC12. The van der Waals surface area contributed by atoms with Crippen LogP contribution in [-0.4, -0.2) is 17.4 Å². The number of aliphatic hydroxyl groups excluding tert-OH is 1. The van der Waals surface area contributed by atoms with E-state index in [-0.39, 0.29) is 6.23 Å². The molecule has 0 bridgehead atoms. The van der Waals surface area contributed by atoms with Crippen molar-refractivity contribution in [3.63, 3.8) is 0 Å². The maximum Gasteiger partial charge on any atom is 0.102 e. The Balaban J connectivity index is 1.80. The molecule has 2 rings (SSSR count). The molecular weight excluding hydrogens is 126 g/mol. The Morgan fingerprint density at radius 3 is 2.60 bits per heavy atom. The lowest BCUT2D eigenvalue weighted by Gasteiger charge is -2.33. The van der Waals surface area contributed by atoms with Gasteiger partial charge in [0.05, 0.1) is 0 Å². The zero-order valence-corrected chi connectivity index (χ0v) is 6.59. The Bertz CT molecular complexity index is 157. The highest BCUT2D eigenvalue weighted by Crippen LogP contribution is 2.67. The molecular formula is C8H15NO. The lowest BCUT2D eigenvalue weighted by molar-refractivity contribution is 0.0988. The second-order valence-electron chi connectivity index (χ2n) is 4.12. The molecule has 2 saturated carbocycles. The van der Waals surface area contributed by atoms with Gasteiger partial charge in [-0.2, -0.15) is 0 Å². The molecule has 2 nitrogen and oxygen atoms in total. The molecule has 0 radical (unpaired) electrons. The topological polar surface area (TPSA) is 32.3 Å². The Hall–Kier alpha value is -0.0800. The van der Waals surface area contributed by atoms with Crippen molar-refractivity contribution in [3.8, 4) is 0 Å². The Labute approximate surface area is 61.6 Å². The largest absolute Gasteiger partial charge is 0.379 e. The van der Waals surface area contributed by atoms with E-state index in [1.54, 1.807) is 6.92 Å². The van der Waals surface area contributed by atoms with Crippen molar-refractivity contribution in [2.45, 2.75) is 39.0 Å². The first kappa shape index (κ1) is 6.62. The number of rotatable bonds is 2. The normalized spacial score (nSPS) is 53.1. The van der Waals surface area contributed by atoms with Crippen LogP contribution in [0.2, 0.25) is 0 Å². The molecule has 4 unspecified atom stereocenters. The van der Waals surface area contributed by atoms with Crippen molar-refractivity contribution in [3.05, 3.63) is 0 Å². The van der Waals surface area contributed by atoms with Gasteiger partial charge in [-0.05, 0) is 31.1 Å². The lowest BCUT2D eigenvalue weighted by atomic mass is 9.81. The summed E-state index contributed by atoms with van der Waals surface area (Å²) in [7, 11) is 0. The van der Waals surface area contributed by atoms with E-state index < -0.39 is 0 Å². The van der Waals surface area contributed by atoms with Gasteiger partial charge in [-0.3, -0.25) is 5.32 Å². The third kappa shape index (κ3) is 0.789. The number of hydrogen-bond donors (Lipinski definition) is 2. The third-order valence-electron chi connectivity index (χ3n) is 3.05. The molecule has 10 heavy (non-hydrogen) atoms. The van der Waals surface area contributed by atoms with E-state index in [1.807, 2.05) is 0 Å². The lowest BCUT2D eigenvalue weighted by Crippen LogP contribution is -2.45. The van der Waals surface area contributed by atoms with Gasteiger partial charge in [0.2, 0.25) is 0 Å². The van der Waals surface area contributed by atoms with E-state index in [1.165, 1.54) is 12.8 Å². The Morgan fingerprint density at radius 2 is 2.30 bits per heavy atom. The molecule has 0 amide bonds. The van der Waals surface area contributed by atoms with Crippen LogP contribution in [0.15, 0.2) is 0 Å². The van der Waals surface area contributed by atoms with Gasteiger partial charge in [0.25, 0.3) is 0 Å². The number of fused-ring (bicyclic) bond motifs is 1. The fourth-order valence-electron chi connectivity index (χ4n) is 2.28. The van der Waals surface area contributed by atoms with Crippen LogP contribution in [0.4, 0.5) is 0 Å². The monoisotopic (exact) mass is 141 g/mol. The van der Waals surface area contributed by atoms with Crippen LogP contribution in [0.1, 0.15) is 26.7 Å². The summed E-state index contributed by atoms with van der Waals surface area (Å²) in [6, 6.07) is 0.616. The molecule has 0 saturated heterocycles. The average Bonchev–Trinajstić information content (AvgIpc) is 2.32. The zero-order chi connectivity index (χ0) is 7.35. The molecule has 0 spiro atoms. The Kier molecular flexibility index (Phi) is 1.15. The number of nitrogens with one attached hydrogen (secondary N) is 1. The van der Waals surface area contributed by atoms with Gasteiger partial charge in [0.15, 0.2) is 0 Å². The molecule has 58 valence electrons. The Morgan fingerprint density at radius 1 is 1.60 bits per heavy atom. The molecule has 0 aromatic heterocycles. The van der Waals surface area contributed by atoms with Crippen molar-refractivity contribution in [2.24, 2.45) is 11.3 Å². The van der Waals surface area contributed by atoms with Crippen LogP contribution in [0.25, 0.3) is 0 Å². The second-order valence-corrected chi connectivity index (χ2v) is 4.12. The highest BCUT2D eigenvalue weighted by Gasteiger charge is 2.63. The predicted octanol–water partition coefficient (Wildman–Crippen LogP) is 0.713. The van der Waals surface area contributed by atoms with Crippen LogP contribution in [0.5, 0.6) is 0 Å². The zero-order valence-electron chi connectivity index (χ0n) is 6.59. The standard InChI is InChI=1S/C8H15NO/c1-5(10)9-7-4-8(2)3-6(7)8/h5-7,9-10H,3-4H2,1-2H3. The maximum atomic E-state index is 9.00. The van der Waals surface area contributed by atoms with Crippen LogP contribution in [-0.2, 0) is 0 Å². The van der Waals surface area contributed by atoms with Crippen molar-refractivity contribution >= 4 is 0 Å². The van der Waals surface area contributed by atoms with E-state index in [9.17, 15) is 0 Å². The average molecular weight is 141 g/mol. The minimum Gasteiger partial charge on any atom is -0.379 e. The highest BCUT2D eigenvalue weighted by molar-refractivity contribution is 5.15. The van der Waals surface area contributed by atoms with Gasteiger partial charge < -0.3 is 5.11 Å². The molecule has 2 aliphatic carbocycles. The smallest absolute Gasteiger partial charge is 0.102 e. The number of hydrogen-bond acceptors (Lipinski definition) is 2. The molecule has 2 fully saturated rings. The first-order valence-corrected chi connectivity index (χ1v) is 4.06. The quantitative estimate of drug-likeness (QED) is 0.555. The summed E-state index contributed by atoms with van der Waals surface area (Å²) in [5, 5.41) is 12.1. The van der Waals surface area contributed by atoms with Crippen molar-refractivity contribution in [1.29, 1.82) is 0 Å². The molecule has 0 heterocycles. The van der Waals surface area contributed by atoms with E-state index in [0.717, 1.165) is 5.92 Å². The van der Waals surface area contributed by atoms with Crippen LogP contribution in [0.3, 0.4) is 0 Å².